The Balaban J connectivity index is 1.15. The van der Waals surface area contributed by atoms with E-state index in [9.17, 15) is 4.79 Å². The Morgan fingerprint density at radius 2 is 1.88 bits per heavy atom. The van der Waals surface area contributed by atoms with Gasteiger partial charge in [0, 0.05) is 43.7 Å². The topological polar surface area (TPSA) is 60.5 Å². The van der Waals surface area contributed by atoms with E-state index in [0.717, 1.165) is 76.7 Å². The number of piperazine rings is 1. The molecule has 0 spiro atoms. The summed E-state index contributed by atoms with van der Waals surface area (Å²) in [6.45, 7) is 13.5. The first-order valence-corrected chi connectivity index (χ1v) is 13.7. The Hall–Kier alpha value is -1.70. The summed E-state index contributed by atoms with van der Waals surface area (Å²) in [5.41, 5.74) is 1.18. The maximum Gasteiger partial charge on any atom is 0.223 e. The fourth-order valence-corrected chi connectivity index (χ4v) is 6.41. The number of nitrogens with zero attached hydrogens (tertiary/aromatic N) is 3. The molecule has 33 heavy (non-hydrogen) atoms. The van der Waals surface area contributed by atoms with E-state index in [-0.39, 0.29) is 5.92 Å². The van der Waals surface area contributed by atoms with E-state index in [0.29, 0.717) is 11.9 Å². The lowest BCUT2D eigenvalue weighted by atomic mass is 9.83. The van der Waals surface area contributed by atoms with Crippen LogP contribution in [0.3, 0.4) is 0 Å². The van der Waals surface area contributed by atoms with Gasteiger partial charge in [0.1, 0.15) is 5.82 Å². The highest BCUT2D eigenvalue weighted by molar-refractivity contribution is 7.07. The minimum atomic E-state index is 0.226. The van der Waals surface area contributed by atoms with Crippen LogP contribution in [0.4, 0.5) is 5.82 Å². The predicted molar refractivity (Wildman–Crippen MR) is 140 cm³/mol. The average molecular weight is 472 g/mol. The zero-order chi connectivity index (χ0) is 23.0. The second-order valence-electron chi connectivity index (χ2n) is 9.86. The van der Waals surface area contributed by atoms with Crippen molar-refractivity contribution in [2.75, 3.05) is 50.7 Å². The molecule has 7 heteroatoms. The number of hydrogen-bond donors (Lipinski definition) is 2. The molecule has 4 rings (SSSR count). The van der Waals surface area contributed by atoms with Crippen LogP contribution in [-0.2, 0) is 4.79 Å². The number of amides is 1. The minimum absolute atomic E-state index is 0.226. The third kappa shape index (κ3) is 6.46. The lowest BCUT2D eigenvalue weighted by molar-refractivity contribution is -0.126. The first-order valence-electron chi connectivity index (χ1n) is 12.9. The zero-order valence-electron chi connectivity index (χ0n) is 20.2. The second-order valence-corrected chi connectivity index (χ2v) is 10.7. The number of allylic oxidation sites excluding steroid dienone is 1. The summed E-state index contributed by atoms with van der Waals surface area (Å²) < 4.78 is 4.72. The predicted octanol–water partition coefficient (Wildman–Crippen LogP) is 4.01. The molecule has 2 saturated heterocycles. The molecule has 1 amide bonds. The van der Waals surface area contributed by atoms with Crippen LogP contribution < -0.4 is 15.5 Å². The summed E-state index contributed by atoms with van der Waals surface area (Å²) in [4.78, 5) is 18.8. The molecule has 0 radical (unpaired) electrons. The third-order valence-corrected chi connectivity index (χ3v) is 8.50. The van der Waals surface area contributed by atoms with Gasteiger partial charge in [0.05, 0.1) is 4.88 Å². The van der Waals surface area contributed by atoms with Crippen molar-refractivity contribution in [1.82, 2.24) is 19.9 Å². The standard InChI is InChI=1S/C26H41N5OS/c1-3-5-24-23(4-2)25(29-33-24)31-18-16-30(17-19-31)15-12-20-6-8-22(9-7-20)28-26(32)21-10-13-27-14-11-21/h3-5,20-22,27H,2,6-19H2,1H3,(H,28,32)/b5-3-. The summed E-state index contributed by atoms with van der Waals surface area (Å²) in [5, 5.41) is 6.70. The molecular formula is C26H41N5OS. The van der Waals surface area contributed by atoms with Crippen molar-refractivity contribution in [2.24, 2.45) is 11.8 Å². The van der Waals surface area contributed by atoms with Crippen LogP contribution in [-0.4, -0.2) is 67.0 Å². The van der Waals surface area contributed by atoms with Gasteiger partial charge in [0.15, 0.2) is 0 Å². The maximum atomic E-state index is 12.5. The van der Waals surface area contributed by atoms with Gasteiger partial charge in [0.2, 0.25) is 5.91 Å². The molecule has 3 fully saturated rings. The Bertz CT molecular complexity index is 800. The lowest BCUT2D eigenvalue weighted by Gasteiger charge is -2.36. The van der Waals surface area contributed by atoms with E-state index >= 15 is 0 Å². The Labute approximate surface area is 203 Å². The number of nitrogens with one attached hydrogen (secondary N) is 2. The van der Waals surface area contributed by atoms with Gasteiger partial charge in [-0.1, -0.05) is 18.7 Å². The fraction of sp³-hybridized carbons (Fsp3) is 0.692. The summed E-state index contributed by atoms with van der Waals surface area (Å²) >= 11 is 1.57. The molecule has 0 aromatic carbocycles. The highest BCUT2D eigenvalue weighted by Gasteiger charge is 2.27. The van der Waals surface area contributed by atoms with Crippen LogP contribution in [0.15, 0.2) is 12.7 Å². The fourth-order valence-electron chi connectivity index (χ4n) is 5.54. The van der Waals surface area contributed by atoms with Crippen molar-refractivity contribution in [3.8, 4) is 0 Å². The molecule has 3 heterocycles. The molecule has 3 aliphatic rings. The highest BCUT2D eigenvalue weighted by atomic mass is 32.1. The molecule has 2 N–H and O–H groups in total. The molecule has 0 bridgehead atoms. The van der Waals surface area contributed by atoms with E-state index < -0.39 is 0 Å². The molecule has 1 aromatic rings. The van der Waals surface area contributed by atoms with Crippen molar-refractivity contribution < 1.29 is 4.79 Å². The molecule has 1 aromatic heterocycles. The van der Waals surface area contributed by atoms with Gasteiger partial charge in [-0.25, -0.2) is 0 Å². The summed E-state index contributed by atoms with van der Waals surface area (Å²) in [6, 6.07) is 0.400. The van der Waals surface area contributed by atoms with Gasteiger partial charge in [-0.15, -0.1) is 0 Å². The van der Waals surface area contributed by atoms with Gasteiger partial charge in [0.25, 0.3) is 0 Å². The quantitative estimate of drug-likeness (QED) is 0.600. The van der Waals surface area contributed by atoms with Crippen LogP contribution >= 0.6 is 11.5 Å². The van der Waals surface area contributed by atoms with Crippen molar-refractivity contribution >= 4 is 35.4 Å². The van der Waals surface area contributed by atoms with Crippen LogP contribution in [0.5, 0.6) is 0 Å². The summed E-state index contributed by atoms with van der Waals surface area (Å²) in [7, 11) is 0. The van der Waals surface area contributed by atoms with E-state index in [4.69, 9.17) is 4.37 Å². The number of rotatable bonds is 8. The van der Waals surface area contributed by atoms with Crippen LogP contribution in [0.25, 0.3) is 12.2 Å². The van der Waals surface area contributed by atoms with Crippen LogP contribution in [0.1, 0.15) is 62.3 Å². The zero-order valence-corrected chi connectivity index (χ0v) is 21.0. The lowest BCUT2D eigenvalue weighted by Crippen LogP contribution is -2.47. The number of carbonyl (C=O) groups is 1. The van der Waals surface area contributed by atoms with Gasteiger partial charge < -0.3 is 15.5 Å². The average Bonchev–Trinajstić information content (AvgIpc) is 3.27. The highest BCUT2D eigenvalue weighted by Crippen LogP contribution is 2.31. The molecule has 6 nitrogen and oxygen atoms in total. The minimum Gasteiger partial charge on any atom is -0.353 e. The molecule has 0 unspecified atom stereocenters. The Morgan fingerprint density at radius 1 is 1.15 bits per heavy atom. The van der Waals surface area contributed by atoms with E-state index in [2.05, 4.69) is 39.2 Å². The van der Waals surface area contributed by atoms with Crippen LogP contribution in [0, 0.1) is 11.8 Å². The van der Waals surface area contributed by atoms with E-state index in [1.807, 2.05) is 13.0 Å². The van der Waals surface area contributed by atoms with Crippen molar-refractivity contribution in [3.63, 3.8) is 0 Å². The summed E-state index contributed by atoms with van der Waals surface area (Å²) in [6.07, 6.45) is 14.2. The monoisotopic (exact) mass is 471 g/mol. The molecule has 0 atom stereocenters. The molecule has 1 saturated carbocycles. The number of anilines is 1. The third-order valence-electron chi connectivity index (χ3n) is 7.69. The van der Waals surface area contributed by atoms with Crippen molar-refractivity contribution in [2.45, 2.75) is 57.9 Å². The molecule has 2 aliphatic heterocycles. The number of piperidine rings is 1. The first-order chi connectivity index (χ1) is 16.2. The van der Waals surface area contributed by atoms with Gasteiger partial charge in [-0.3, -0.25) is 9.69 Å². The second kappa shape index (κ2) is 12.1. The number of aromatic nitrogens is 1. The van der Waals surface area contributed by atoms with E-state index in [1.165, 1.54) is 36.2 Å². The molecule has 182 valence electrons. The van der Waals surface area contributed by atoms with Crippen molar-refractivity contribution in [1.29, 1.82) is 0 Å². The van der Waals surface area contributed by atoms with Gasteiger partial charge >= 0.3 is 0 Å². The van der Waals surface area contributed by atoms with Gasteiger partial charge in [-0.05, 0) is 95.0 Å². The first kappa shape index (κ1) is 24.4. The SMILES string of the molecule is C=Cc1c(N2CCN(CCC3CCC(NC(=O)C4CCNCC4)CC3)CC2)nsc1/C=C\C. The molecule has 1 aliphatic carbocycles. The summed E-state index contributed by atoms with van der Waals surface area (Å²) in [5.74, 6) is 2.44. The van der Waals surface area contributed by atoms with E-state index in [1.54, 1.807) is 11.5 Å². The van der Waals surface area contributed by atoms with Gasteiger partial charge in [-0.2, -0.15) is 4.37 Å². The number of carbonyl (C=O) groups excluding carboxylic acids is 1. The largest absolute Gasteiger partial charge is 0.353 e. The van der Waals surface area contributed by atoms with Crippen LogP contribution in [0.2, 0.25) is 0 Å². The normalized spacial score (nSPS) is 25.4. The number of hydrogen-bond acceptors (Lipinski definition) is 6. The maximum absolute atomic E-state index is 12.5. The van der Waals surface area contributed by atoms with Crippen molar-refractivity contribution in [3.05, 3.63) is 23.1 Å². The molecular weight excluding hydrogens is 430 g/mol. The Morgan fingerprint density at radius 3 is 2.55 bits per heavy atom. The Kier molecular flexibility index (Phi) is 8.98. The smallest absolute Gasteiger partial charge is 0.223 e.